The van der Waals surface area contributed by atoms with E-state index >= 15 is 0 Å². The van der Waals surface area contributed by atoms with E-state index in [1.807, 2.05) is 18.7 Å². The van der Waals surface area contributed by atoms with Crippen molar-refractivity contribution >= 4 is 5.91 Å². The Labute approximate surface area is 106 Å². The highest BCUT2D eigenvalue weighted by molar-refractivity contribution is 5.76. The van der Waals surface area contributed by atoms with Crippen molar-refractivity contribution in [2.45, 2.75) is 58.9 Å². The van der Waals surface area contributed by atoms with E-state index in [9.17, 15) is 4.79 Å². The number of nitrogens with zero attached hydrogens (tertiary/aromatic N) is 1. The lowest BCUT2D eigenvalue weighted by Crippen LogP contribution is -2.36. The Morgan fingerprint density at radius 2 is 2.00 bits per heavy atom. The number of rotatable bonds is 8. The average molecular weight is 240 g/mol. The predicted molar refractivity (Wildman–Crippen MR) is 72.0 cm³/mol. The Morgan fingerprint density at radius 1 is 1.35 bits per heavy atom. The zero-order valence-electron chi connectivity index (χ0n) is 11.7. The number of nitrogens with one attached hydrogen (secondary N) is 1. The molecule has 1 rings (SSSR count). The molecule has 0 aromatic carbocycles. The maximum absolute atomic E-state index is 11.8. The largest absolute Gasteiger partial charge is 0.343 e. The van der Waals surface area contributed by atoms with Crippen LogP contribution < -0.4 is 5.32 Å². The van der Waals surface area contributed by atoms with Crippen molar-refractivity contribution in [2.24, 2.45) is 5.92 Å². The van der Waals surface area contributed by atoms with Crippen LogP contribution in [0.15, 0.2) is 0 Å². The van der Waals surface area contributed by atoms with Crippen LogP contribution in [0.4, 0.5) is 0 Å². The van der Waals surface area contributed by atoms with Gasteiger partial charge in [-0.2, -0.15) is 0 Å². The molecule has 0 aliphatic heterocycles. The molecule has 1 fully saturated rings. The third-order valence-corrected chi connectivity index (χ3v) is 3.86. The molecule has 17 heavy (non-hydrogen) atoms. The maximum Gasteiger partial charge on any atom is 0.223 e. The van der Waals surface area contributed by atoms with Gasteiger partial charge in [0.2, 0.25) is 5.91 Å². The van der Waals surface area contributed by atoms with E-state index in [0.29, 0.717) is 12.5 Å². The van der Waals surface area contributed by atoms with Crippen LogP contribution in [-0.4, -0.2) is 36.5 Å². The molecule has 1 unspecified atom stereocenters. The molecule has 1 aliphatic rings. The van der Waals surface area contributed by atoms with Gasteiger partial charge >= 0.3 is 0 Å². The summed E-state index contributed by atoms with van der Waals surface area (Å²) < 4.78 is 0. The first kappa shape index (κ1) is 14.5. The SMILES string of the molecule is CCN(CC)C(=O)CCNC(C)CC1CCC1. The Hall–Kier alpha value is -0.570. The van der Waals surface area contributed by atoms with Gasteiger partial charge in [0.25, 0.3) is 0 Å². The fraction of sp³-hybridized carbons (Fsp3) is 0.929. The van der Waals surface area contributed by atoms with E-state index < -0.39 is 0 Å². The molecule has 3 heteroatoms. The van der Waals surface area contributed by atoms with Crippen LogP contribution in [0.25, 0.3) is 0 Å². The van der Waals surface area contributed by atoms with Crippen LogP contribution in [-0.2, 0) is 4.79 Å². The third kappa shape index (κ3) is 5.07. The van der Waals surface area contributed by atoms with Crippen molar-refractivity contribution in [1.82, 2.24) is 10.2 Å². The molecule has 0 aromatic rings. The lowest BCUT2D eigenvalue weighted by Gasteiger charge is -2.28. The van der Waals surface area contributed by atoms with Crippen LogP contribution in [0, 0.1) is 5.92 Å². The Balaban J connectivity index is 2.07. The highest BCUT2D eigenvalue weighted by Gasteiger charge is 2.19. The van der Waals surface area contributed by atoms with E-state index in [-0.39, 0.29) is 5.91 Å². The molecule has 0 aromatic heterocycles. The summed E-state index contributed by atoms with van der Waals surface area (Å²) in [5, 5.41) is 3.47. The van der Waals surface area contributed by atoms with Crippen molar-refractivity contribution < 1.29 is 4.79 Å². The fourth-order valence-electron chi connectivity index (χ4n) is 2.47. The van der Waals surface area contributed by atoms with Gasteiger partial charge in [-0.1, -0.05) is 19.3 Å². The minimum atomic E-state index is 0.276. The van der Waals surface area contributed by atoms with Gasteiger partial charge in [-0.25, -0.2) is 0 Å². The topological polar surface area (TPSA) is 32.3 Å². The molecule has 1 N–H and O–H groups in total. The number of amides is 1. The lowest BCUT2D eigenvalue weighted by atomic mass is 9.81. The highest BCUT2D eigenvalue weighted by Crippen LogP contribution is 2.30. The summed E-state index contributed by atoms with van der Waals surface area (Å²) >= 11 is 0. The van der Waals surface area contributed by atoms with Crippen molar-refractivity contribution in [3.05, 3.63) is 0 Å². The molecule has 0 spiro atoms. The average Bonchev–Trinajstić information content (AvgIpc) is 2.25. The highest BCUT2D eigenvalue weighted by atomic mass is 16.2. The summed E-state index contributed by atoms with van der Waals surface area (Å²) in [6.07, 6.45) is 6.14. The molecule has 1 atom stereocenters. The van der Waals surface area contributed by atoms with E-state index in [0.717, 1.165) is 25.6 Å². The van der Waals surface area contributed by atoms with E-state index in [4.69, 9.17) is 0 Å². The summed E-state index contributed by atoms with van der Waals surface area (Å²) in [4.78, 5) is 13.7. The first-order valence-electron chi connectivity index (χ1n) is 7.18. The summed E-state index contributed by atoms with van der Waals surface area (Å²) in [5.74, 6) is 1.22. The van der Waals surface area contributed by atoms with Gasteiger partial charge in [-0.15, -0.1) is 0 Å². The molecule has 3 nitrogen and oxygen atoms in total. The zero-order valence-corrected chi connectivity index (χ0v) is 11.7. The molecule has 1 aliphatic carbocycles. The number of carbonyl (C=O) groups is 1. The van der Waals surface area contributed by atoms with Crippen molar-refractivity contribution in [1.29, 1.82) is 0 Å². The lowest BCUT2D eigenvalue weighted by molar-refractivity contribution is -0.130. The monoisotopic (exact) mass is 240 g/mol. The Kier molecular flexibility index (Phi) is 6.56. The molecule has 0 heterocycles. The van der Waals surface area contributed by atoms with Gasteiger partial charge < -0.3 is 10.2 Å². The van der Waals surface area contributed by atoms with Crippen molar-refractivity contribution in [2.75, 3.05) is 19.6 Å². The van der Waals surface area contributed by atoms with Crippen LogP contribution in [0.2, 0.25) is 0 Å². The Bertz CT molecular complexity index is 222. The van der Waals surface area contributed by atoms with Gasteiger partial charge in [-0.3, -0.25) is 4.79 Å². The number of hydrogen-bond donors (Lipinski definition) is 1. The third-order valence-electron chi connectivity index (χ3n) is 3.86. The second kappa shape index (κ2) is 7.70. The van der Waals surface area contributed by atoms with Crippen LogP contribution >= 0.6 is 0 Å². The molecular formula is C14H28N2O. The van der Waals surface area contributed by atoms with Gasteiger partial charge in [-0.05, 0) is 33.1 Å². The first-order valence-corrected chi connectivity index (χ1v) is 7.18. The van der Waals surface area contributed by atoms with Gasteiger partial charge in [0, 0.05) is 32.1 Å². The molecule has 1 saturated carbocycles. The van der Waals surface area contributed by atoms with Gasteiger partial charge in [0.05, 0.1) is 0 Å². The smallest absolute Gasteiger partial charge is 0.223 e. The summed E-state index contributed by atoms with van der Waals surface area (Å²) in [6.45, 7) is 8.78. The number of hydrogen-bond acceptors (Lipinski definition) is 2. The van der Waals surface area contributed by atoms with Crippen LogP contribution in [0.5, 0.6) is 0 Å². The number of carbonyl (C=O) groups excluding carboxylic acids is 1. The molecule has 0 bridgehead atoms. The first-order chi connectivity index (χ1) is 8.17. The van der Waals surface area contributed by atoms with E-state index in [1.165, 1.54) is 25.7 Å². The minimum Gasteiger partial charge on any atom is -0.343 e. The maximum atomic E-state index is 11.8. The molecule has 100 valence electrons. The minimum absolute atomic E-state index is 0.276. The van der Waals surface area contributed by atoms with Crippen molar-refractivity contribution in [3.63, 3.8) is 0 Å². The summed E-state index contributed by atoms with van der Waals surface area (Å²) in [6, 6.07) is 0.560. The molecular weight excluding hydrogens is 212 g/mol. The summed E-state index contributed by atoms with van der Waals surface area (Å²) in [7, 11) is 0. The molecule has 0 saturated heterocycles. The second-order valence-electron chi connectivity index (χ2n) is 5.20. The molecule has 0 radical (unpaired) electrons. The normalized spacial score (nSPS) is 17.6. The van der Waals surface area contributed by atoms with E-state index in [1.54, 1.807) is 0 Å². The van der Waals surface area contributed by atoms with E-state index in [2.05, 4.69) is 12.2 Å². The fourth-order valence-corrected chi connectivity index (χ4v) is 2.47. The zero-order chi connectivity index (χ0) is 12.7. The Morgan fingerprint density at radius 3 is 2.47 bits per heavy atom. The standard InChI is InChI=1S/C14H28N2O/c1-4-16(5-2)14(17)9-10-15-12(3)11-13-7-6-8-13/h12-13,15H,4-11H2,1-3H3. The second-order valence-corrected chi connectivity index (χ2v) is 5.20. The van der Waals surface area contributed by atoms with Crippen LogP contribution in [0.3, 0.4) is 0 Å². The van der Waals surface area contributed by atoms with Crippen molar-refractivity contribution in [3.8, 4) is 0 Å². The van der Waals surface area contributed by atoms with Gasteiger partial charge in [0.1, 0.15) is 0 Å². The van der Waals surface area contributed by atoms with Gasteiger partial charge in [0.15, 0.2) is 0 Å². The quantitative estimate of drug-likeness (QED) is 0.706. The predicted octanol–water partition coefficient (Wildman–Crippen LogP) is 2.41. The molecule has 1 amide bonds. The van der Waals surface area contributed by atoms with Crippen LogP contribution in [0.1, 0.15) is 52.9 Å². The summed E-state index contributed by atoms with van der Waals surface area (Å²) in [5.41, 5.74) is 0.